The molecule has 1 saturated carbocycles. The van der Waals surface area contributed by atoms with E-state index in [-0.39, 0.29) is 11.6 Å². The Labute approximate surface area is 95.7 Å². The maximum atomic E-state index is 11.8. The molecule has 1 fully saturated rings. The third-order valence-corrected chi connectivity index (χ3v) is 3.23. The van der Waals surface area contributed by atoms with Crippen LogP contribution in [0.4, 0.5) is 0 Å². The summed E-state index contributed by atoms with van der Waals surface area (Å²) < 4.78 is 0. The number of hydrogen-bond acceptors (Lipinski definition) is 2. The fraction of sp³-hybridized carbons (Fsp3) is 0.429. The standard InChI is InChI=1S/C14H16O2/c1-9-6-7-11(10(2)8-9)14-12(15)4-3-5-13(14)16/h6-8,14H,3-5H2,1-2H3. The molecule has 0 spiro atoms. The van der Waals surface area contributed by atoms with E-state index in [1.54, 1.807) is 0 Å². The summed E-state index contributed by atoms with van der Waals surface area (Å²) in [6.45, 7) is 3.98. The predicted octanol–water partition coefficient (Wildman–Crippen LogP) is 2.71. The van der Waals surface area contributed by atoms with Crippen LogP contribution in [0.3, 0.4) is 0 Å². The Bertz CT molecular complexity index is 430. The summed E-state index contributed by atoms with van der Waals surface area (Å²) >= 11 is 0. The van der Waals surface area contributed by atoms with Crippen molar-refractivity contribution >= 4 is 11.6 Å². The first-order chi connectivity index (χ1) is 7.59. The average molecular weight is 216 g/mol. The van der Waals surface area contributed by atoms with Gasteiger partial charge in [0, 0.05) is 12.8 Å². The van der Waals surface area contributed by atoms with E-state index < -0.39 is 5.92 Å². The molecule has 2 nitrogen and oxygen atoms in total. The highest BCUT2D eigenvalue weighted by Crippen LogP contribution is 2.29. The fourth-order valence-electron chi connectivity index (χ4n) is 2.40. The van der Waals surface area contributed by atoms with E-state index in [1.807, 2.05) is 32.0 Å². The highest BCUT2D eigenvalue weighted by molar-refractivity contribution is 6.09. The van der Waals surface area contributed by atoms with Crippen molar-refractivity contribution in [2.24, 2.45) is 0 Å². The molecule has 1 aliphatic rings. The first-order valence-corrected chi connectivity index (χ1v) is 5.72. The van der Waals surface area contributed by atoms with Gasteiger partial charge in [0.2, 0.25) is 0 Å². The number of Topliss-reactive ketones (excluding diaryl/α,β-unsaturated/α-hetero) is 2. The lowest BCUT2D eigenvalue weighted by molar-refractivity contribution is -0.131. The molecule has 1 aliphatic carbocycles. The van der Waals surface area contributed by atoms with Gasteiger partial charge in [-0.1, -0.05) is 23.8 Å². The summed E-state index contributed by atoms with van der Waals surface area (Å²) in [5.74, 6) is -0.319. The van der Waals surface area contributed by atoms with Gasteiger partial charge < -0.3 is 0 Å². The molecule has 0 radical (unpaired) electrons. The number of ketones is 2. The molecular weight excluding hydrogens is 200 g/mol. The highest BCUT2D eigenvalue weighted by Gasteiger charge is 2.32. The molecule has 2 rings (SSSR count). The number of hydrogen-bond donors (Lipinski definition) is 0. The van der Waals surface area contributed by atoms with Crippen LogP contribution >= 0.6 is 0 Å². The Morgan fingerprint density at radius 1 is 1.06 bits per heavy atom. The normalized spacial score (nSPS) is 17.9. The lowest BCUT2D eigenvalue weighted by Crippen LogP contribution is -2.27. The van der Waals surface area contributed by atoms with Crippen LogP contribution in [0.1, 0.15) is 41.9 Å². The Hall–Kier alpha value is -1.44. The molecule has 0 aliphatic heterocycles. The van der Waals surface area contributed by atoms with Crippen molar-refractivity contribution in [2.75, 3.05) is 0 Å². The quantitative estimate of drug-likeness (QED) is 0.676. The molecule has 2 heteroatoms. The smallest absolute Gasteiger partial charge is 0.147 e. The summed E-state index contributed by atoms with van der Waals surface area (Å²) in [4.78, 5) is 23.6. The molecule has 0 N–H and O–H groups in total. The maximum Gasteiger partial charge on any atom is 0.147 e. The third kappa shape index (κ3) is 1.92. The van der Waals surface area contributed by atoms with E-state index in [1.165, 1.54) is 0 Å². The summed E-state index contributed by atoms with van der Waals surface area (Å²) in [6.07, 6.45) is 1.81. The van der Waals surface area contributed by atoms with Crippen LogP contribution in [0.15, 0.2) is 18.2 Å². The Balaban J connectivity index is 2.42. The minimum Gasteiger partial charge on any atom is -0.299 e. The van der Waals surface area contributed by atoms with E-state index in [2.05, 4.69) is 0 Å². The predicted molar refractivity (Wildman–Crippen MR) is 62.5 cm³/mol. The summed E-state index contributed by atoms with van der Waals surface area (Å²) in [7, 11) is 0. The minimum atomic E-state index is -0.491. The molecule has 0 atom stereocenters. The molecule has 0 heterocycles. The van der Waals surface area contributed by atoms with Crippen LogP contribution < -0.4 is 0 Å². The average Bonchev–Trinajstić information content (AvgIpc) is 2.20. The van der Waals surface area contributed by atoms with Gasteiger partial charge in [-0.05, 0) is 31.4 Å². The lowest BCUT2D eigenvalue weighted by atomic mass is 9.80. The zero-order chi connectivity index (χ0) is 11.7. The first-order valence-electron chi connectivity index (χ1n) is 5.72. The second-order valence-corrected chi connectivity index (χ2v) is 4.58. The maximum absolute atomic E-state index is 11.8. The third-order valence-electron chi connectivity index (χ3n) is 3.23. The minimum absolute atomic E-state index is 0.0863. The molecule has 0 aromatic heterocycles. The van der Waals surface area contributed by atoms with Crippen LogP contribution in [0.5, 0.6) is 0 Å². The number of carbonyl (C=O) groups is 2. The van der Waals surface area contributed by atoms with Gasteiger partial charge >= 0.3 is 0 Å². The van der Waals surface area contributed by atoms with Crippen LogP contribution in [-0.2, 0) is 9.59 Å². The molecule has 1 aromatic rings. The van der Waals surface area contributed by atoms with Crippen LogP contribution in [0.2, 0.25) is 0 Å². The van der Waals surface area contributed by atoms with E-state index in [4.69, 9.17) is 0 Å². The van der Waals surface area contributed by atoms with Gasteiger partial charge in [0.1, 0.15) is 17.5 Å². The first kappa shape index (κ1) is 11.1. The van der Waals surface area contributed by atoms with Crippen LogP contribution in [0.25, 0.3) is 0 Å². The topological polar surface area (TPSA) is 34.1 Å². The van der Waals surface area contributed by atoms with Gasteiger partial charge in [-0.2, -0.15) is 0 Å². The summed E-state index contributed by atoms with van der Waals surface area (Å²) in [5.41, 5.74) is 3.12. The van der Waals surface area contributed by atoms with Gasteiger partial charge in [-0.25, -0.2) is 0 Å². The zero-order valence-corrected chi connectivity index (χ0v) is 9.75. The highest BCUT2D eigenvalue weighted by atomic mass is 16.2. The lowest BCUT2D eigenvalue weighted by Gasteiger charge is -2.21. The fourth-order valence-corrected chi connectivity index (χ4v) is 2.40. The monoisotopic (exact) mass is 216 g/mol. The summed E-state index contributed by atoms with van der Waals surface area (Å²) in [5, 5.41) is 0. The van der Waals surface area contributed by atoms with Crippen molar-refractivity contribution < 1.29 is 9.59 Å². The van der Waals surface area contributed by atoms with Crippen molar-refractivity contribution in [2.45, 2.75) is 39.0 Å². The number of benzene rings is 1. The van der Waals surface area contributed by atoms with Gasteiger partial charge in [0.25, 0.3) is 0 Å². The van der Waals surface area contributed by atoms with Gasteiger partial charge in [-0.15, -0.1) is 0 Å². The molecule has 0 unspecified atom stereocenters. The summed E-state index contributed by atoms with van der Waals surface area (Å²) in [6, 6.07) is 5.93. The molecule has 16 heavy (non-hydrogen) atoms. The van der Waals surface area contributed by atoms with Gasteiger partial charge in [0.05, 0.1) is 0 Å². The van der Waals surface area contributed by atoms with E-state index in [0.717, 1.165) is 23.1 Å². The largest absolute Gasteiger partial charge is 0.299 e. The Morgan fingerprint density at radius 3 is 2.25 bits per heavy atom. The SMILES string of the molecule is Cc1ccc(C2C(=O)CCCC2=O)c(C)c1. The molecular formula is C14H16O2. The van der Waals surface area contributed by atoms with Crippen molar-refractivity contribution in [3.8, 4) is 0 Å². The molecule has 0 amide bonds. The number of carbonyl (C=O) groups excluding carboxylic acids is 2. The van der Waals surface area contributed by atoms with Crippen molar-refractivity contribution in [3.05, 3.63) is 34.9 Å². The van der Waals surface area contributed by atoms with E-state index in [9.17, 15) is 9.59 Å². The van der Waals surface area contributed by atoms with Crippen molar-refractivity contribution in [1.29, 1.82) is 0 Å². The van der Waals surface area contributed by atoms with Gasteiger partial charge in [-0.3, -0.25) is 9.59 Å². The molecule has 0 bridgehead atoms. The van der Waals surface area contributed by atoms with Gasteiger partial charge in [0.15, 0.2) is 0 Å². The molecule has 84 valence electrons. The Kier molecular flexibility index (Phi) is 2.90. The van der Waals surface area contributed by atoms with Crippen molar-refractivity contribution in [3.63, 3.8) is 0 Å². The second-order valence-electron chi connectivity index (χ2n) is 4.58. The molecule has 0 saturated heterocycles. The van der Waals surface area contributed by atoms with Crippen LogP contribution in [-0.4, -0.2) is 11.6 Å². The Morgan fingerprint density at radius 2 is 1.69 bits per heavy atom. The second kappa shape index (κ2) is 4.20. The number of rotatable bonds is 1. The van der Waals surface area contributed by atoms with E-state index in [0.29, 0.717) is 12.8 Å². The van der Waals surface area contributed by atoms with Crippen molar-refractivity contribution in [1.82, 2.24) is 0 Å². The van der Waals surface area contributed by atoms with E-state index >= 15 is 0 Å². The van der Waals surface area contributed by atoms with Crippen LogP contribution in [0, 0.1) is 13.8 Å². The number of aryl methyl sites for hydroxylation is 2. The zero-order valence-electron chi connectivity index (χ0n) is 9.75. The molecule has 1 aromatic carbocycles.